The van der Waals surface area contributed by atoms with E-state index in [4.69, 9.17) is 4.74 Å². The number of carbonyl (C=O) groups excluding carboxylic acids is 2. The first-order valence-electron chi connectivity index (χ1n) is 8.27. The fourth-order valence-electron chi connectivity index (χ4n) is 2.36. The third-order valence-electron chi connectivity index (χ3n) is 3.77. The van der Waals surface area contributed by atoms with Gasteiger partial charge in [0.15, 0.2) is 5.17 Å². The number of hydrogen-bond donors (Lipinski definition) is 0. The fraction of sp³-hybridized carbons (Fsp3) is 0.150. The minimum atomic E-state index is -0.385. The lowest BCUT2D eigenvalue weighted by Gasteiger charge is -2.07. The fourth-order valence-corrected chi connectivity index (χ4v) is 3.35. The lowest BCUT2D eigenvalue weighted by atomic mass is 10.2. The molecule has 0 N–H and O–H groups in total. The van der Waals surface area contributed by atoms with Crippen LogP contribution in [0.2, 0.25) is 0 Å². The van der Waals surface area contributed by atoms with E-state index in [0.717, 1.165) is 5.56 Å². The number of thioether (sulfide) groups is 1. The molecule has 27 heavy (non-hydrogen) atoms. The van der Waals surface area contributed by atoms with Gasteiger partial charge in [-0.05, 0) is 66.7 Å². The SMILES string of the molecule is CCOC(=O)c1ccc(N=C2S/C(=C\c3ccc(F)cc3)C(=O)N2C)cc1. The molecule has 2 aromatic carbocycles. The molecule has 138 valence electrons. The first kappa shape index (κ1) is 18.8. The summed E-state index contributed by atoms with van der Waals surface area (Å²) in [5.74, 6) is -0.886. The quantitative estimate of drug-likeness (QED) is 0.585. The summed E-state index contributed by atoms with van der Waals surface area (Å²) < 4.78 is 18.0. The van der Waals surface area contributed by atoms with Gasteiger partial charge in [-0.1, -0.05) is 12.1 Å². The van der Waals surface area contributed by atoms with Crippen molar-refractivity contribution < 1.29 is 18.7 Å². The monoisotopic (exact) mass is 384 g/mol. The van der Waals surface area contributed by atoms with E-state index in [1.54, 1.807) is 56.4 Å². The Kier molecular flexibility index (Phi) is 5.71. The number of esters is 1. The van der Waals surface area contributed by atoms with Gasteiger partial charge in [0.1, 0.15) is 5.82 Å². The molecular weight excluding hydrogens is 367 g/mol. The smallest absolute Gasteiger partial charge is 0.338 e. The summed E-state index contributed by atoms with van der Waals surface area (Å²) >= 11 is 1.24. The molecular formula is C20H17FN2O3S. The molecule has 1 aliphatic rings. The van der Waals surface area contributed by atoms with Crippen LogP contribution in [0.15, 0.2) is 58.4 Å². The number of likely N-dealkylation sites (N-methyl/N-ethyl adjacent to an activating group) is 1. The molecule has 0 unspecified atom stereocenters. The van der Waals surface area contributed by atoms with E-state index < -0.39 is 0 Å². The van der Waals surface area contributed by atoms with E-state index in [1.807, 2.05) is 0 Å². The second-order valence-corrected chi connectivity index (χ2v) is 6.70. The van der Waals surface area contributed by atoms with Gasteiger partial charge < -0.3 is 4.74 Å². The van der Waals surface area contributed by atoms with Gasteiger partial charge in [-0.3, -0.25) is 9.69 Å². The molecule has 0 aromatic heterocycles. The van der Waals surface area contributed by atoms with E-state index in [0.29, 0.717) is 27.9 Å². The highest BCUT2D eigenvalue weighted by atomic mass is 32.2. The molecule has 0 atom stereocenters. The Morgan fingerprint density at radius 2 is 1.85 bits per heavy atom. The Morgan fingerprint density at radius 1 is 1.19 bits per heavy atom. The van der Waals surface area contributed by atoms with Crippen molar-refractivity contribution in [1.29, 1.82) is 0 Å². The van der Waals surface area contributed by atoms with E-state index >= 15 is 0 Å². The topological polar surface area (TPSA) is 59.0 Å². The van der Waals surface area contributed by atoms with E-state index in [1.165, 1.54) is 28.8 Å². The summed E-state index contributed by atoms with van der Waals surface area (Å²) in [6.45, 7) is 2.06. The van der Waals surface area contributed by atoms with Gasteiger partial charge in [0.05, 0.1) is 22.8 Å². The molecule has 0 aliphatic carbocycles. The molecule has 0 radical (unpaired) electrons. The summed E-state index contributed by atoms with van der Waals surface area (Å²) in [4.78, 5) is 30.5. The van der Waals surface area contributed by atoms with Crippen molar-refractivity contribution in [2.24, 2.45) is 4.99 Å². The van der Waals surface area contributed by atoms with Crippen LogP contribution in [0.25, 0.3) is 6.08 Å². The molecule has 3 rings (SSSR count). The third kappa shape index (κ3) is 4.43. The van der Waals surface area contributed by atoms with Gasteiger partial charge in [-0.15, -0.1) is 0 Å². The van der Waals surface area contributed by atoms with Crippen LogP contribution < -0.4 is 0 Å². The molecule has 0 spiro atoms. The van der Waals surface area contributed by atoms with Crippen molar-refractivity contribution in [2.45, 2.75) is 6.92 Å². The number of benzene rings is 2. The molecule has 0 bridgehead atoms. The lowest BCUT2D eigenvalue weighted by Crippen LogP contribution is -2.23. The summed E-state index contributed by atoms with van der Waals surface area (Å²) in [5, 5.41) is 0.525. The average Bonchev–Trinajstić information content (AvgIpc) is 2.92. The van der Waals surface area contributed by atoms with E-state index in [2.05, 4.69) is 4.99 Å². The Hall–Kier alpha value is -2.93. The van der Waals surface area contributed by atoms with Crippen LogP contribution in [0, 0.1) is 5.82 Å². The molecule has 1 amide bonds. The van der Waals surface area contributed by atoms with Crippen molar-refractivity contribution >= 4 is 40.6 Å². The van der Waals surface area contributed by atoms with Crippen LogP contribution >= 0.6 is 11.8 Å². The Morgan fingerprint density at radius 3 is 2.48 bits per heavy atom. The highest BCUT2D eigenvalue weighted by Crippen LogP contribution is 2.33. The minimum absolute atomic E-state index is 0.175. The Bertz CT molecular complexity index is 921. The van der Waals surface area contributed by atoms with Crippen molar-refractivity contribution in [3.8, 4) is 0 Å². The van der Waals surface area contributed by atoms with Gasteiger partial charge in [0.2, 0.25) is 0 Å². The van der Waals surface area contributed by atoms with Crippen LogP contribution in [0.1, 0.15) is 22.8 Å². The number of amides is 1. The van der Waals surface area contributed by atoms with Crippen LogP contribution in [-0.4, -0.2) is 35.6 Å². The lowest BCUT2D eigenvalue weighted by molar-refractivity contribution is -0.121. The highest BCUT2D eigenvalue weighted by molar-refractivity contribution is 8.18. The standard InChI is InChI=1S/C20H17FN2O3S/c1-3-26-19(25)14-6-10-16(11-7-14)22-20-23(2)18(24)17(27-20)12-13-4-8-15(21)9-5-13/h4-12H,3H2,1-2H3/b17-12-,22-20?. The summed E-state index contributed by atoms with van der Waals surface area (Å²) in [6.07, 6.45) is 1.70. The number of hydrogen-bond acceptors (Lipinski definition) is 5. The predicted molar refractivity (Wildman–Crippen MR) is 104 cm³/mol. The minimum Gasteiger partial charge on any atom is -0.462 e. The number of carbonyl (C=O) groups is 2. The molecule has 1 saturated heterocycles. The Labute approximate surface area is 160 Å². The molecule has 5 nitrogen and oxygen atoms in total. The number of nitrogens with zero attached hydrogens (tertiary/aromatic N) is 2. The van der Waals surface area contributed by atoms with Gasteiger partial charge in [-0.2, -0.15) is 0 Å². The van der Waals surface area contributed by atoms with Gasteiger partial charge in [0.25, 0.3) is 5.91 Å². The summed E-state index contributed by atoms with van der Waals surface area (Å²) in [6, 6.07) is 12.6. The zero-order chi connectivity index (χ0) is 19.4. The molecule has 1 fully saturated rings. The predicted octanol–water partition coefficient (Wildman–Crippen LogP) is 4.24. The zero-order valence-electron chi connectivity index (χ0n) is 14.8. The van der Waals surface area contributed by atoms with Crippen molar-refractivity contribution in [1.82, 2.24) is 4.90 Å². The summed E-state index contributed by atoms with van der Waals surface area (Å²) in [7, 11) is 1.65. The van der Waals surface area contributed by atoms with Gasteiger partial charge in [0, 0.05) is 7.05 Å². The highest BCUT2D eigenvalue weighted by Gasteiger charge is 2.30. The average molecular weight is 384 g/mol. The normalized spacial score (nSPS) is 17.0. The van der Waals surface area contributed by atoms with Crippen LogP contribution in [0.5, 0.6) is 0 Å². The number of ether oxygens (including phenoxy) is 1. The van der Waals surface area contributed by atoms with E-state index in [9.17, 15) is 14.0 Å². The summed E-state index contributed by atoms with van der Waals surface area (Å²) in [5.41, 5.74) is 1.80. The number of aliphatic imine (C=N–C) groups is 1. The first-order chi connectivity index (χ1) is 13.0. The second kappa shape index (κ2) is 8.18. The molecule has 7 heteroatoms. The molecule has 1 heterocycles. The largest absolute Gasteiger partial charge is 0.462 e. The van der Waals surface area contributed by atoms with E-state index in [-0.39, 0.29) is 17.7 Å². The molecule has 0 saturated carbocycles. The molecule has 2 aromatic rings. The second-order valence-electron chi connectivity index (χ2n) is 5.69. The maximum absolute atomic E-state index is 13.0. The number of amidine groups is 1. The number of rotatable bonds is 4. The maximum Gasteiger partial charge on any atom is 0.338 e. The van der Waals surface area contributed by atoms with Crippen molar-refractivity contribution in [3.05, 3.63) is 70.4 Å². The molecule has 1 aliphatic heterocycles. The van der Waals surface area contributed by atoms with Crippen molar-refractivity contribution in [2.75, 3.05) is 13.7 Å². The van der Waals surface area contributed by atoms with Crippen LogP contribution in [0.3, 0.4) is 0 Å². The maximum atomic E-state index is 13.0. The van der Waals surface area contributed by atoms with Crippen LogP contribution in [0.4, 0.5) is 10.1 Å². The van der Waals surface area contributed by atoms with Crippen LogP contribution in [-0.2, 0) is 9.53 Å². The van der Waals surface area contributed by atoms with Crippen molar-refractivity contribution in [3.63, 3.8) is 0 Å². The number of halogens is 1. The zero-order valence-corrected chi connectivity index (χ0v) is 15.6. The van der Waals surface area contributed by atoms with Gasteiger partial charge in [-0.25, -0.2) is 14.2 Å². The Balaban J connectivity index is 1.79. The first-order valence-corrected chi connectivity index (χ1v) is 9.08. The van der Waals surface area contributed by atoms with Gasteiger partial charge >= 0.3 is 5.97 Å². The third-order valence-corrected chi connectivity index (χ3v) is 4.83.